The van der Waals surface area contributed by atoms with E-state index in [0.29, 0.717) is 45.6 Å². The Morgan fingerprint density at radius 1 is 0.725 bits per heavy atom. The molecule has 4 rings (SSSR count). The van der Waals surface area contributed by atoms with Gasteiger partial charge in [0, 0.05) is 50.1 Å². The number of hydrogen-bond donors (Lipinski definition) is 1. The zero-order valence-corrected chi connectivity index (χ0v) is 23.8. The highest BCUT2D eigenvalue weighted by Gasteiger charge is 2.27. The first kappa shape index (κ1) is 29.9. The van der Waals surface area contributed by atoms with Crippen molar-refractivity contribution in [3.05, 3.63) is 89.5 Å². The van der Waals surface area contributed by atoms with Gasteiger partial charge in [-0.2, -0.15) is 0 Å². The molecule has 0 aliphatic carbocycles. The standard InChI is InChI=1S/C33H43NO6/c1-35-19-7-22-39-32-12-6-4-10-28(32)25-40-33-23-34-18-17-30(33)26-13-15-29(16-14-26)38-21-8-20-37-24-27-9-3-5-11-31(27)36-2/h3-6,9-16,30,33-34H,7-8,17-25H2,1-2H3/t30-,33+/m1/s1. The number of para-hydroxylation sites is 2. The molecule has 0 amide bonds. The first-order valence-corrected chi connectivity index (χ1v) is 14.2. The molecule has 0 spiro atoms. The predicted molar refractivity (Wildman–Crippen MR) is 156 cm³/mol. The van der Waals surface area contributed by atoms with Gasteiger partial charge in [-0.1, -0.05) is 48.5 Å². The lowest BCUT2D eigenvalue weighted by molar-refractivity contribution is 0.00957. The molecule has 1 aliphatic rings. The van der Waals surface area contributed by atoms with Crippen LogP contribution in [0, 0.1) is 0 Å². The van der Waals surface area contributed by atoms with Crippen molar-refractivity contribution in [2.45, 2.75) is 44.5 Å². The monoisotopic (exact) mass is 549 g/mol. The largest absolute Gasteiger partial charge is 0.496 e. The van der Waals surface area contributed by atoms with E-state index in [1.807, 2.05) is 42.5 Å². The van der Waals surface area contributed by atoms with E-state index in [2.05, 4.69) is 35.6 Å². The number of rotatable bonds is 17. The lowest BCUT2D eigenvalue weighted by Crippen LogP contribution is -2.41. The molecule has 1 heterocycles. The maximum atomic E-state index is 6.46. The van der Waals surface area contributed by atoms with E-state index in [1.54, 1.807) is 14.2 Å². The summed E-state index contributed by atoms with van der Waals surface area (Å²) in [4.78, 5) is 0. The van der Waals surface area contributed by atoms with Crippen LogP contribution in [-0.2, 0) is 27.4 Å². The fourth-order valence-corrected chi connectivity index (χ4v) is 4.90. The van der Waals surface area contributed by atoms with Gasteiger partial charge in [0.25, 0.3) is 0 Å². The zero-order chi connectivity index (χ0) is 27.8. The van der Waals surface area contributed by atoms with Crippen LogP contribution in [-0.4, -0.2) is 59.8 Å². The second-order valence-corrected chi connectivity index (χ2v) is 9.89. The summed E-state index contributed by atoms with van der Waals surface area (Å²) >= 11 is 0. The van der Waals surface area contributed by atoms with E-state index in [4.69, 9.17) is 28.4 Å². The summed E-state index contributed by atoms with van der Waals surface area (Å²) in [5, 5.41) is 3.49. The van der Waals surface area contributed by atoms with Gasteiger partial charge in [-0.25, -0.2) is 0 Å². The Kier molecular flexibility index (Phi) is 12.6. The van der Waals surface area contributed by atoms with Crippen molar-refractivity contribution >= 4 is 0 Å². The molecule has 0 aromatic heterocycles. The van der Waals surface area contributed by atoms with E-state index in [1.165, 1.54) is 5.56 Å². The predicted octanol–water partition coefficient (Wildman–Crippen LogP) is 5.76. The summed E-state index contributed by atoms with van der Waals surface area (Å²) in [7, 11) is 3.39. The highest BCUT2D eigenvalue weighted by atomic mass is 16.5. The van der Waals surface area contributed by atoms with E-state index in [-0.39, 0.29) is 6.10 Å². The van der Waals surface area contributed by atoms with Crippen LogP contribution < -0.4 is 19.5 Å². The fourth-order valence-electron chi connectivity index (χ4n) is 4.90. The molecule has 1 N–H and O–H groups in total. The minimum atomic E-state index is 0.0856. The molecule has 3 aromatic carbocycles. The second-order valence-electron chi connectivity index (χ2n) is 9.89. The van der Waals surface area contributed by atoms with Gasteiger partial charge in [-0.05, 0) is 42.8 Å². The number of nitrogens with one attached hydrogen (secondary N) is 1. The SMILES string of the molecule is COCCCOc1ccccc1CO[C@H]1CNCC[C@@H]1c1ccc(OCCCOCc2ccccc2OC)cc1. The van der Waals surface area contributed by atoms with Gasteiger partial charge in [0.05, 0.1) is 46.2 Å². The molecular formula is C33H43NO6. The third-order valence-electron chi connectivity index (χ3n) is 7.06. The van der Waals surface area contributed by atoms with Gasteiger partial charge in [0.15, 0.2) is 0 Å². The van der Waals surface area contributed by atoms with Crippen molar-refractivity contribution in [1.29, 1.82) is 0 Å². The number of hydrogen-bond acceptors (Lipinski definition) is 7. The number of piperidine rings is 1. The lowest BCUT2D eigenvalue weighted by Gasteiger charge is -2.32. The molecule has 1 aliphatic heterocycles. The van der Waals surface area contributed by atoms with E-state index >= 15 is 0 Å². The molecule has 1 saturated heterocycles. The molecule has 2 atom stereocenters. The Hall–Kier alpha value is -3.10. The molecule has 0 unspecified atom stereocenters. The number of benzene rings is 3. The first-order chi connectivity index (χ1) is 19.8. The van der Waals surface area contributed by atoms with Crippen molar-refractivity contribution in [2.24, 2.45) is 0 Å². The van der Waals surface area contributed by atoms with Crippen molar-refractivity contribution < 1.29 is 28.4 Å². The normalized spacial score (nSPS) is 16.9. The van der Waals surface area contributed by atoms with Crippen molar-refractivity contribution in [1.82, 2.24) is 5.32 Å². The van der Waals surface area contributed by atoms with Gasteiger partial charge in [0.1, 0.15) is 17.2 Å². The van der Waals surface area contributed by atoms with Crippen molar-refractivity contribution in [2.75, 3.05) is 53.7 Å². The summed E-state index contributed by atoms with van der Waals surface area (Å²) in [6.07, 6.45) is 2.79. The lowest BCUT2D eigenvalue weighted by atomic mass is 9.87. The Morgan fingerprint density at radius 3 is 2.20 bits per heavy atom. The van der Waals surface area contributed by atoms with Crippen LogP contribution in [0.2, 0.25) is 0 Å². The Bertz CT molecular complexity index is 1120. The number of ether oxygens (including phenoxy) is 6. The Morgan fingerprint density at radius 2 is 1.43 bits per heavy atom. The average Bonchev–Trinajstić information content (AvgIpc) is 3.01. The molecule has 0 saturated carbocycles. The van der Waals surface area contributed by atoms with Crippen molar-refractivity contribution in [3.8, 4) is 17.2 Å². The minimum absolute atomic E-state index is 0.0856. The second kappa shape index (κ2) is 16.9. The van der Waals surface area contributed by atoms with Crippen LogP contribution in [0.5, 0.6) is 17.2 Å². The minimum Gasteiger partial charge on any atom is -0.496 e. The van der Waals surface area contributed by atoms with E-state index in [0.717, 1.165) is 60.7 Å². The molecule has 7 heteroatoms. The summed E-state index contributed by atoms with van der Waals surface area (Å²) in [6, 6.07) is 24.5. The first-order valence-electron chi connectivity index (χ1n) is 14.2. The summed E-state index contributed by atoms with van der Waals surface area (Å²) in [5.74, 6) is 2.94. The zero-order valence-electron chi connectivity index (χ0n) is 23.8. The third-order valence-corrected chi connectivity index (χ3v) is 7.06. The maximum Gasteiger partial charge on any atom is 0.124 e. The molecule has 0 radical (unpaired) electrons. The molecule has 7 nitrogen and oxygen atoms in total. The molecule has 40 heavy (non-hydrogen) atoms. The van der Waals surface area contributed by atoms with E-state index in [9.17, 15) is 0 Å². The highest BCUT2D eigenvalue weighted by Crippen LogP contribution is 2.30. The average molecular weight is 550 g/mol. The van der Waals surface area contributed by atoms with E-state index < -0.39 is 0 Å². The third kappa shape index (κ3) is 9.24. The van der Waals surface area contributed by atoms with Gasteiger partial charge in [-0.15, -0.1) is 0 Å². The Labute approximate surface area is 238 Å². The Balaban J connectivity index is 1.21. The van der Waals surface area contributed by atoms with Gasteiger partial charge >= 0.3 is 0 Å². The topological polar surface area (TPSA) is 67.4 Å². The van der Waals surface area contributed by atoms with Crippen LogP contribution in [0.4, 0.5) is 0 Å². The van der Waals surface area contributed by atoms with Crippen LogP contribution >= 0.6 is 0 Å². The molecule has 3 aromatic rings. The van der Waals surface area contributed by atoms with Gasteiger partial charge in [0.2, 0.25) is 0 Å². The van der Waals surface area contributed by atoms with Crippen LogP contribution in [0.1, 0.15) is 41.9 Å². The maximum absolute atomic E-state index is 6.46. The fraction of sp³-hybridized carbons (Fsp3) is 0.455. The number of methoxy groups -OCH3 is 2. The smallest absolute Gasteiger partial charge is 0.124 e. The summed E-state index contributed by atoms with van der Waals surface area (Å²) < 4.78 is 34.7. The highest BCUT2D eigenvalue weighted by molar-refractivity contribution is 5.34. The van der Waals surface area contributed by atoms with Crippen molar-refractivity contribution in [3.63, 3.8) is 0 Å². The molecule has 1 fully saturated rings. The van der Waals surface area contributed by atoms with Crippen LogP contribution in [0.25, 0.3) is 0 Å². The molecular weight excluding hydrogens is 506 g/mol. The summed E-state index contributed by atoms with van der Waals surface area (Å²) in [5.41, 5.74) is 3.40. The molecule has 0 bridgehead atoms. The molecule has 216 valence electrons. The van der Waals surface area contributed by atoms with Crippen LogP contribution in [0.3, 0.4) is 0 Å². The summed E-state index contributed by atoms with van der Waals surface area (Å²) in [6.45, 7) is 5.42. The van der Waals surface area contributed by atoms with Gasteiger partial charge < -0.3 is 33.7 Å². The van der Waals surface area contributed by atoms with Crippen LogP contribution in [0.15, 0.2) is 72.8 Å². The van der Waals surface area contributed by atoms with Gasteiger partial charge in [-0.3, -0.25) is 0 Å². The quantitative estimate of drug-likeness (QED) is 0.215.